The third kappa shape index (κ3) is 7.64. The molecule has 0 atom stereocenters. The zero-order valence-corrected chi connectivity index (χ0v) is 14.0. The first kappa shape index (κ1) is 18.0. The SMILES string of the molecule is CCCCCCCOC1(CNCCC)CCCCCC1. The molecule has 1 fully saturated rings. The van der Waals surface area contributed by atoms with Crippen LogP contribution in [0.25, 0.3) is 0 Å². The van der Waals surface area contributed by atoms with E-state index in [1.807, 2.05) is 0 Å². The van der Waals surface area contributed by atoms with Gasteiger partial charge in [0.2, 0.25) is 0 Å². The van der Waals surface area contributed by atoms with Gasteiger partial charge in [-0.25, -0.2) is 0 Å². The van der Waals surface area contributed by atoms with E-state index >= 15 is 0 Å². The molecule has 2 heteroatoms. The number of hydrogen-bond acceptors (Lipinski definition) is 2. The van der Waals surface area contributed by atoms with Gasteiger partial charge in [-0.05, 0) is 32.2 Å². The van der Waals surface area contributed by atoms with Crippen LogP contribution < -0.4 is 5.32 Å². The van der Waals surface area contributed by atoms with Crippen LogP contribution in [0.3, 0.4) is 0 Å². The number of ether oxygens (including phenoxy) is 1. The molecule has 20 heavy (non-hydrogen) atoms. The minimum absolute atomic E-state index is 0.149. The Balaban J connectivity index is 2.29. The van der Waals surface area contributed by atoms with Crippen LogP contribution in [0.5, 0.6) is 0 Å². The van der Waals surface area contributed by atoms with E-state index in [-0.39, 0.29) is 5.60 Å². The molecule has 0 aromatic heterocycles. The van der Waals surface area contributed by atoms with Gasteiger partial charge in [0.25, 0.3) is 0 Å². The van der Waals surface area contributed by atoms with Crippen LogP contribution >= 0.6 is 0 Å². The lowest BCUT2D eigenvalue weighted by Gasteiger charge is -2.33. The van der Waals surface area contributed by atoms with Gasteiger partial charge in [-0.2, -0.15) is 0 Å². The third-order valence-electron chi connectivity index (χ3n) is 4.54. The second-order valence-corrected chi connectivity index (χ2v) is 6.54. The molecule has 0 unspecified atom stereocenters. The molecule has 120 valence electrons. The lowest BCUT2D eigenvalue weighted by Crippen LogP contribution is -2.43. The summed E-state index contributed by atoms with van der Waals surface area (Å²) >= 11 is 0. The van der Waals surface area contributed by atoms with Gasteiger partial charge in [0.1, 0.15) is 0 Å². The van der Waals surface area contributed by atoms with E-state index in [0.717, 1.165) is 19.7 Å². The molecule has 1 N–H and O–H groups in total. The summed E-state index contributed by atoms with van der Waals surface area (Å²) in [4.78, 5) is 0. The lowest BCUT2D eigenvalue weighted by molar-refractivity contribution is -0.0561. The van der Waals surface area contributed by atoms with Crippen molar-refractivity contribution < 1.29 is 4.74 Å². The van der Waals surface area contributed by atoms with Gasteiger partial charge in [0.05, 0.1) is 5.60 Å². The van der Waals surface area contributed by atoms with Crippen molar-refractivity contribution in [3.05, 3.63) is 0 Å². The standard InChI is InChI=1S/C18H37NO/c1-3-5-6-9-12-16-20-18(17-19-15-4-2)13-10-7-8-11-14-18/h19H,3-17H2,1-2H3. The highest BCUT2D eigenvalue weighted by Gasteiger charge is 2.31. The molecule has 0 aromatic carbocycles. The Morgan fingerprint density at radius 1 is 0.850 bits per heavy atom. The molecule has 1 rings (SSSR count). The second-order valence-electron chi connectivity index (χ2n) is 6.54. The van der Waals surface area contributed by atoms with Crippen LogP contribution in [-0.4, -0.2) is 25.3 Å². The molecular weight excluding hydrogens is 246 g/mol. The predicted molar refractivity (Wildman–Crippen MR) is 88.3 cm³/mol. The molecule has 2 nitrogen and oxygen atoms in total. The molecule has 0 aromatic rings. The predicted octanol–water partition coefficient (Wildman–Crippen LogP) is 5.07. The van der Waals surface area contributed by atoms with Crippen LogP contribution in [0, 0.1) is 0 Å². The van der Waals surface area contributed by atoms with Crippen molar-refractivity contribution in [1.82, 2.24) is 5.32 Å². The molecule has 0 bridgehead atoms. The second kappa shape index (κ2) is 11.6. The van der Waals surface area contributed by atoms with Crippen molar-refractivity contribution in [2.75, 3.05) is 19.7 Å². The van der Waals surface area contributed by atoms with Gasteiger partial charge >= 0.3 is 0 Å². The summed E-state index contributed by atoms with van der Waals surface area (Å²) in [5.41, 5.74) is 0.149. The van der Waals surface area contributed by atoms with E-state index in [1.54, 1.807) is 0 Å². The minimum atomic E-state index is 0.149. The number of unbranched alkanes of at least 4 members (excludes halogenated alkanes) is 4. The Labute approximate surface area is 127 Å². The van der Waals surface area contributed by atoms with Gasteiger partial charge in [0, 0.05) is 13.2 Å². The van der Waals surface area contributed by atoms with Crippen LogP contribution in [0.4, 0.5) is 0 Å². The highest BCUT2D eigenvalue weighted by atomic mass is 16.5. The smallest absolute Gasteiger partial charge is 0.0806 e. The average Bonchev–Trinajstić information content (AvgIpc) is 2.69. The fourth-order valence-electron chi connectivity index (χ4n) is 3.23. The van der Waals surface area contributed by atoms with Crippen LogP contribution in [0.1, 0.15) is 90.9 Å². The molecule has 1 aliphatic carbocycles. The summed E-state index contributed by atoms with van der Waals surface area (Å²) in [6.45, 7) is 7.67. The Kier molecular flexibility index (Phi) is 10.4. The fraction of sp³-hybridized carbons (Fsp3) is 1.00. The maximum Gasteiger partial charge on any atom is 0.0806 e. The summed E-state index contributed by atoms with van der Waals surface area (Å²) in [5.74, 6) is 0. The number of nitrogens with one attached hydrogen (secondary N) is 1. The van der Waals surface area contributed by atoms with Crippen molar-refractivity contribution >= 4 is 0 Å². The molecule has 0 spiro atoms. The first-order valence-corrected chi connectivity index (χ1v) is 9.17. The monoisotopic (exact) mass is 283 g/mol. The number of rotatable bonds is 11. The minimum Gasteiger partial charge on any atom is -0.374 e. The lowest BCUT2D eigenvalue weighted by atomic mass is 9.94. The first-order valence-electron chi connectivity index (χ1n) is 9.17. The summed E-state index contributed by atoms with van der Waals surface area (Å²) < 4.78 is 6.41. The summed E-state index contributed by atoms with van der Waals surface area (Å²) in [6, 6.07) is 0. The van der Waals surface area contributed by atoms with E-state index in [2.05, 4.69) is 19.2 Å². The zero-order chi connectivity index (χ0) is 14.5. The van der Waals surface area contributed by atoms with Gasteiger partial charge in [0.15, 0.2) is 0 Å². The largest absolute Gasteiger partial charge is 0.374 e. The van der Waals surface area contributed by atoms with Crippen molar-refractivity contribution in [3.8, 4) is 0 Å². The maximum absolute atomic E-state index is 6.41. The fourth-order valence-corrected chi connectivity index (χ4v) is 3.23. The molecule has 1 saturated carbocycles. The van der Waals surface area contributed by atoms with Crippen LogP contribution in [0.15, 0.2) is 0 Å². The Morgan fingerprint density at radius 3 is 2.20 bits per heavy atom. The van der Waals surface area contributed by atoms with Crippen LogP contribution in [-0.2, 0) is 4.74 Å². The van der Waals surface area contributed by atoms with Gasteiger partial charge < -0.3 is 10.1 Å². The Hall–Kier alpha value is -0.0800. The van der Waals surface area contributed by atoms with Gasteiger partial charge in [-0.15, -0.1) is 0 Å². The molecule has 0 heterocycles. The average molecular weight is 284 g/mol. The van der Waals surface area contributed by atoms with Gasteiger partial charge in [-0.1, -0.05) is 65.2 Å². The Morgan fingerprint density at radius 2 is 1.55 bits per heavy atom. The summed E-state index contributed by atoms with van der Waals surface area (Å²) in [7, 11) is 0. The molecule has 0 radical (unpaired) electrons. The van der Waals surface area contributed by atoms with Crippen molar-refractivity contribution in [2.24, 2.45) is 0 Å². The Bertz CT molecular complexity index is 209. The quantitative estimate of drug-likeness (QED) is 0.422. The summed E-state index contributed by atoms with van der Waals surface area (Å²) in [5, 5.41) is 3.61. The molecular formula is C18H37NO. The highest BCUT2D eigenvalue weighted by molar-refractivity contribution is 4.85. The van der Waals surface area contributed by atoms with E-state index in [4.69, 9.17) is 4.74 Å². The third-order valence-corrected chi connectivity index (χ3v) is 4.54. The van der Waals surface area contributed by atoms with Crippen LogP contribution in [0.2, 0.25) is 0 Å². The van der Waals surface area contributed by atoms with Gasteiger partial charge in [-0.3, -0.25) is 0 Å². The summed E-state index contributed by atoms with van der Waals surface area (Å²) in [6.07, 6.45) is 15.9. The van der Waals surface area contributed by atoms with E-state index in [9.17, 15) is 0 Å². The topological polar surface area (TPSA) is 21.3 Å². The molecule has 1 aliphatic rings. The maximum atomic E-state index is 6.41. The van der Waals surface area contributed by atoms with E-state index in [1.165, 1.54) is 77.0 Å². The molecule has 0 aliphatic heterocycles. The molecule has 0 amide bonds. The van der Waals surface area contributed by atoms with Crippen molar-refractivity contribution in [3.63, 3.8) is 0 Å². The molecule has 0 saturated heterocycles. The highest BCUT2D eigenvalue weighted by Crippen LogP contribution is 2.30. The number of hydrogen-bond donors (Lipinski definition) is 1. The normalized spacial score (nSPS) is 18.9. The first-order chi connectivity index (χ1) is 9.83. The van der Waals surface area contributed by atoms with Crippen molar-refractivity contribution in [1.29, 1.82) is 0 Å². The van der Waals surface area contributed by atoms with E-state index in [0.29, 0.717) is 0 Å². The van der Waals surface area contributed by atoms with E-state index < -0.39 is 0 Å². The zero-order valence-electron chi connectivity index (χ0n) is 14.0. The van der Waals surface area contributed by atoms with Crippen molar-refractivity contribution in [2.45, 2.75) is 96.5 Å².